The zero-order valence-electron chi connectivity index (χ0n) is 27.3. The van der Waals surface area contributed by atoms with Crippen LogP contribution in [0.2, 0.25) is 0 Å². The van der Waals surface area contributed by atoms with E-state index < -0.39 is 59.6 Å². The van der Waals surface area contributed by atoms with Crippen molar-refractivity contribution < 1.29 is 33.8 Å². The standard InChI is InChI=1S/C37H43N3O7/c1-5-26(21-41)40-33-35(44)39(27-20-22(2)16-17-23(27)3)19-11-18-37(33)31(34(40)43)30-28(47-37)14-9-10-15-29(42)38-24(4)32(46-36(30)45)25-12-7-6-8-13-25/h6-9,11-14,16-18,20,24,26,28,30-33,41H,5,10,15,19,21H2,1-4H3,(H,38,42)/b14-9-/t24-,26-,28-,30+,31+,32+,33-,37+/m0/s1. The maximum absolute atomic E-state index is 14.8. The molecule has 0 radical (unpaired) electrons. The second-order valence-electron chi connectivity index (χ2n) is 13.1. The SMILES string of the molecule is CC[C@@H](CO)N1C(=O)[C@H]2[C@@H]3C(=O)O[C@@H](c4ccccc4)[C@H](C)NC(=O)CC/C=C\[C@@H]3O[C@]23C=CCN(c2cc(C)ccc2C)C(=O)[C@H]13. The van der Waals surface area contributed by atoms with E-state index in [9.17, 15) is 24.3 Å². The molecule has 8 atom stereocenters. The van der Waals surface area contributed by atoms with Gasteiger partial charge < -0.3 is 29.7 Å². The Kier molecular flexibility index (Phi) is 9.09. The van der Waals surface area contributed by atoms with Crippen LogP contribution in [-0.2, 0) is 28.7 Å². The molecule has 0 unspecified atom stereocenters. The van der Waals surface area contributed by atoms with Crippen molar-refractivity contribution in [1.29, 1.82) is 0 Å². The highest BCUT2D eigenvalue weighted by molar-refractivity contribution is 6.06. The summed E-state index contributed by atoms with van der Waals surface area (Å²) < 4.78 is 13.0. The number of carbonyl (C=O) groups is 4. The number of allylic oxidation sites excluding steroid dienone is 1. The summed E-state index contributed by atoms with van der Waals surface area (Å²) in [6, 6.07) is 12.7. The van der Waals surface area contributed by atoms with Crippen molar-refractivity contribution in [1.82, 2.24) is 10.2 Å². The van der Waals surface area contributed by atoms with Crippen LogP contribution in [0.5, 0.6) is 0 Å². The fourth-order valence-electron chi connectivity index (χ4n) is 7.68. The second-order valence-corrected chi connectivity index (χ2v) is 13.1. The van der Waals surface area contributed by atoms with E-state index in [4.69, 9.17) is 9.47 Å². The molecule has 47 heavy (non-hydrogen) atoms. The van der Waals surface area contributed by atoms with Crippen LogP contribution in [0.3, 0.4) is 0 Å². The van der Waals surface area contributed by atoms with E-state index in [2.05, 4.69) is 5.32 Å². The predicted molar refractivity (Wildman–Crippen MR) is 175 cm³/mol. The number of likely N-dealkylation sites (tertiary alicyclic amines) is 1. The molecule has 4 heterocycles. The van der Waals surface area contributed by atoms with Crippen molar-refractivity contribution in [2.75, 3.05) is 18.1 Å². The molecule has 2 saturated heterocycles. The zero-order chi connectivity index (χ0) is 33.5. The molecule has 2 N–H and O–H groups in total. The van der Waals surface area contributed by atoms with Gasteiger partial charge in [-0.2, -0.15) is 0 Å². The summed E-state index contributed by atoms with van der Waals surface area (Å²) in [5.41, 5.74) is 1.82. The number of aliphatic hydroxyl groups is 1. The van der Waals surface area contributed by atoms with E-state index in [0.717, 1.165) is 16.8 Å². The number of hydrogen-bond donors (Lipinski definition) is 2. The molecule has 1 spiro atoms. The summed E-state index contributed by atoms with van der Waals surface area (Å²) in [6.45, 7) is 7.42. The average Bonchev–Trinajstić information content (AvgIpc) is 3.44. The molecule has 3 amide bonds. The molecular weight excluding hydrogens is 598 g/mol. The van der Waals surface area contributed by atoms with Crippen LogP contribution in [0, 0.1) is 25.7 Å². The van der Waals surface area contributed by atoms with Gasteiger partial charge in [0.2, 0.25) is 11.8 Å². The Morgan fingerprint density at radius 3 is 2.53 bits per heavy atom. The smallest absolute Gasteiger partial charge is 0.313 e. The van der Waals surface area contributed by atoms with Crippen LogP contribution in [0.15, 0.2) is 72.8 Å². The Morgan fingerprint density at radius 1 is 1.04 bits per heavy atom. The van der Waals surface area contributed by atoms with Gasteiger partial charge in [-0.15, -0.1) is 0 Å². The molecule has 4 aliphatic rings. The zero-order valence-corrected chi connectivity index (χ0v) is 27.3. The minimum Gasteiger partial charge on any atom is -0.455 e. The number of hydrogen-bond acceptors (Lipinski definition) is 7. The number of cyclic esters (lactones) is 1. The first-order valence-electron chi connectivity index (χ1n) is 16.5. The van der Waals surface area contributed by atoms with Crippen molar-refractivity contribution in [2.24, 2.45) is 11.8 Å². The molecular formula is C37H43N3O7. The number of nitrogens with zero attached hydrogens (tertiary/aromatic N) is 2. The Morgan fingerprint density at radius 2 is 1.81 bits per heavy atom. The number of aliphatic hydroxyl groups excluding tert-OH is 1. The number of nitrogens with one attached hydrogen (secondary N) is 1. The normalized spacial score (nSPS) is 32.3. The molecule has 2 aromatic rings. The van der Waals surface area contributed by atoms with Crippen LogP contribution in [0.4, 0.5) is 5.69 Å². The Balaban J connectivity index is 1.47. The number of rotatable bonds is 5. The maximum Gasteiger partial charge on any atom is 0.313 e. The molecule has 0 aliphatic carbocycles. The second kappa shape index (κ2) is 13.1. The van der Waals surface area contributed by atoms with Crippen molar-refractivity contribution in [2.45, 2.75) is 82.9 Å². The minimum absolute atomic E-state index is 0.177. The summed E-state index contributed by atoms with van der Waals surface area (Å²) in [5.74, 6) is -3.77. The van der Waals surface area contributed by atoms with Gasteiger partial charge >= 0.3 is 5.97 Å². The van der Waals surface area contributed by atoms with Crippen LogP contribution >= 0.6 is 0 Å². The lowest BCUT2D eigenvalue weighted by atomic mass is 9.77. The van der Waals surface area contributed by atoms with Crippen molar-refractivity contribution in [3.63, 3.8) is 0 Å². The third-order valence-electron chi connectivity index (χ3n) is 10.0. The van der Waals surface area contributed by atoms with Gasteiger partial charge in [0.15, 0.2) is 0 Å². The minimum atomic E-state index is -1.50. The maximum atomic E-state index is 14.8. The monoisotopic (exact) mass is 641 g/mol. The number of fused-ring (bicyclic) bond motifs is 2. The molecule has 10 heteroatoms. The quantitative estimate of drug-likeness (QED) is 0.377. The number of aryl methyl sites for hydroxylation is 2. The molecule has 2 fully saturated rings. The highest BCUT2D eigenvalue weighted by Gasteiger charge is 2.72. The van der Waals surface area contributed by atoms with Crippen molar-refractivity contribution in [3.05, 3.63) is 89.5 Å². The molecule has 10 nitrogen and oxygen atoms in total. The van der Waals surface area contributed by atoms with E-state index in [1.165, 1.54) is 4.90 Å². The molecule has 0 aromatic heterocycles. The highest BCUT2D eigenvalue weighted by Crippen LogP contribution is 2.54. The fraction of sp³-hybridized carbons (Fsp3) is 0.459. The van der Waals surface area contributed by atoms with E-state index in [0.29, 0.717) is 18.4 Å². The van der Waals surface area contributed by atoms with E-state index >= 15 is 0 Å². The molecule has 2 aromatic carbocycles. The number of esters is 1. The van der Waals surface area contributed by atoms with Crippen LogP contribution in [0.25, 0.3) is 0 Å². The largest absolute Gasteiger partial charge is 0.455 e. The van der Waals surface area contributed by atoms with Crippen molar-refractivity contribution in [3.8, 4) is 0 Å². The van der Waals surface area contributed by atoms with Crippen LogP contribution in [-0.4, -0.2) is 76.7 Å². The van der Waals surface area contributed by atoms with Gasteiger partial charge in [-0.3, -0.25) is 19.2 Å². The number of amides is 3. The number of ether oxygens (including phenoxy) is 2. The average molecular weight is 642 g/mol. The summed E-state index contributed by atoms with van der Waals surface area (Å²) in [6.07, 6.45) is 6.41. The van der Waals surface area contributed by atoms with Crippen molar-refractivity contribution >= 4 is 29.4 Å². The van der Waals surface area contributed by atoms with E-state index in [1.807, 2.05) is 75.4 Å². The highest BCUT2D eigenvalue weighted by atomic mass is 16.6. The first-order chi connectivity index (χ1) is 22.6. The predicted octanol–water partition coefficient (Wildman–Crippen LogP) is 3.70. The van der Waals surface area contributed by atoms with Gasteiger partial charge in [0.25, 0.3) is 5.91 Å². The molecule has 248 valence electrons. The Labute approximate surface area is 275 Å². The lowest BCUT2D eigenvalue weighted by molar-refractivity contribution is -0.161. The van der Waals surface area contributed by atoms with E-state index in [1.54, 1.807) is 30.1 Å². The number of carbonyl (C=O) groups excluding carboxylic acids is 4. The summed E-state index contributed by atoms with van der Waals surface area (Å²) in [4.78, 5) is 59.9. The Bertz CT molecular complexity index is 1600. The van der Waals surface area contributed by atoms with Crippen LogP contribution in [0.1, 0.15) is 55.9 Å². The summed E-state index contributed by atoms with van der Waals surface area (Å²) in [5, 5.41) is 13.4. The first kappa shape index (κ1) is 32.7. The number of benzene rings is 2. The lowest BCUT2D eigenvalue weighted by Gasteiger charge is -2.38. The van der Waals surface area contributed by atoms with Gasteiger partial charge in [0.1, 0.15) is 23.7 Å². The third-order valence-corrected chi connectivity index (χ3v) is 10.0. The van der Waals surface area contributed by atoms with Gasteiger partial charge in [0, 0.05) is 18.7 Å². The lowest BCUT2D eigenvalue weighted by Crippen LogP contribution is -2.58. The van der Waals surface area contributed by atoms with Crippen LogP contribution < -0.4 is 10.2 Å². The summed E-state index contributed by atoms with van der Waals surface area (Å²) in [7, 11) is 0. The van der Waals surface area contributed by atoms with Gasteiger partial charge in [-0.25, -0.2) is 0 Å². The first-order valence-corrected chi connectivity index (χ1v) is 16.5. The van der Waals surface area contributed by atoms with Gasteiger partial charge in [-0.05, 0) is 56.4 Å². The number of anilines is 1. The molecule has 0 saturated carbocycles. The molecule has 4 aliphatic heterocycles. The van der Waals surface area contributed by atoms with Gasteiger partial charge in [0.05, 0.1) is 30.7 Å². The third kappa shape index (κ3) is 5.67. The Hall–Kier alpha value is -4.28. The van der Waals surface area contributed by atoms with Gasteiger partial charge in [-0.1, -0.05) is 73.7 Å². The fourth-order valence-corrected chi connectivity index (χ4v) is 7.68. The molecule has 6 rings (SSSR count). The topological polar surface area (TPSA) is 125 Å². The summed E-state index contributed by atoms with van der Waals surface area (Å²) >= 11 is 0. The van der Waals surface area contributed by atoms with E-state index in [-0.39, 0.29) is 31.4 Å². The molecule has 0 bridgehead atoms.